The fourth-order valence-electron chi connectivity index (χ4n) is 7.50. The molecule has 1 unspecified atom stereocenters. The van der Waals surface area contributed by atoms with E-state index in [9.17, 15) is 53.4 Å². The van der Waals surface area contributed by atoms with Gasteiger partial charge in [-0.05, 0) is 49.1 Å². The molecular formula is C48H71N7O11. The van der Waals surface area contributed by atoms with Crippen molar-refractivity contribution in [1.82, 2.24) is 26.6 Å². The highest BCUT2D eigenvalue weighted by Gasteiger charge is 2.32. The average Bonchev–Trinajstić information content (AvgIpc) is 3.25. The Morgan fingerprint density at radius 3 is 1.58 bits per heavy atom. The monoisotopic (exact) mass is 922 g/mol. The average molecular weight is 922 g/mol. The number of carbonyl (C=O) groups excluding carboxylic acids is 7. The number of hydrogen-bond donors (Lipinski definition) is 9. The van der Waals surface area contributed by atoms with Crippen molar-refractivity contribution in [2.45, 2.75) is 166 Å². The zero-order valence-electron chi connectivity index (χ0n) is 38.3. The van der Waals surface area contributed by atoms with E-state index in [1.54, 1.807) is 60.7 Å². The Bertz CT molecular complexity index is 1850. The third-order valence-corrected chi connectivity index (χ3v) is 11.0. The molecule has 0 fully saturated rings. The Balaban J connectivity index is 1.97. The molecule has 2 aromatic rings. The van der Waals surface area contributed by atoms with Crippen LogP contribution >= 0.6 is 0 Å². The Labute approximate surface area is 387 Å². The lowest BCUT2D eigenvalue weighted by Gasteiger charge is -2.26. The SMILES string of the molecule is CC(C)C[C@H](NC(=O)[C@H](CC(=O)O)NC(=O)CCCCCCCC(CCCCCCC=O)N[C@@H](CC(N)=O)C(=O)N[C@@H](Cc1ccccc1)C(=O)O)C(=O)N[C@@H](Cc1ccccc1)C(N)=O. The molecule has 2 aromatic carbocycles. The van der Waals surface area contributed by atoms with Crippen LogP contribution in [0.1, 0.15) is 128 Å². The minimum atomic E-state index is -1.47. The molecule has 0 saturated heterocycles. The summed E-state index contributed by atoms with van der Waals surface area (Å²) < 4.78 is 0. The van der Waals surface area contributed by atoms with Gasteiger partial charge < -0.3 is 53.1 Å². The number of unbranched alkanes of at least 4 members (excludes halogenated alkanes) is 8. The topological polar surface area (TPSA) is 306 Å². The normalized spacial score (nSPS) is 13.8. The lowest BCUT2D eigenvalue weighted by Crippen LogP contribution is -2.57. The first kappa shape index (κ1) is 56.0. The summed E-state index contributed by atoms with van der Waals surface area (Å²) in [6, 6.07) is 11.6. The summed E-state index contributed by atoms with van der Waals surface area (Å²) in [7, 11) is 0. The maximum Gasteiger partial charge on any atom is 0.326 e. The number of amides is 6. The van der Waals surface area contributed by atoms with Crippen LogP contribution in [0.5, 0.6) is 0 Å². The van der Waals surface area contributed by atoms with E-state index in [1.165, 1.54) is 0 Å². The highest BCUT2D eigenvalue weighted by atomic mass is 16.4. The molecule has 0 aromatic heterocycles. The Morgan fingerprint density at radius 1 is 0.576 bits per heavy atom. The molecule has 0 aliphatic heterocycles. The summed E-state index contributed by atoms with van der Waals surface area (Å²) in [5.74, 6) is -6.86. The van der Waals surface area contributed by atoms with Crippen LogP contribution in [-0.2, 0) is 56.0 Å². The van der Waals surface area contributed by atoms with Crippen LogP contribution in [0.3, 0.4) is 0 Å². The lowest BCUT2D eigenvalue weighted by molar-refractivity contribution is -0.142. The second-order valence-electron chi connectivity index (χ2n) is 17.2. The number of nitrogens with one attached hydrogen (secondary N) is 5. The summed E-state index contributed by atoms with van der Waals surface area (Å²) in [4.78, 5) is 112. The summed E-state index contributed by atoms with van der Waals surface area (Å²) >= 11 is 0. The van der Waals surface area contributed by atoms with Gasteiger partial charge in [-0.3, -0.25) is 33.6 Å². The Morgan fingerprint density at radius 2 is 1.06 bits per heavy atom. The number of carboxylic acids is 2. The lowest BCUT2D eigenvalue weighted by atomic mass is 9.98. The molecule has 2 rings (SSSR count). The van der Waals surface area contributed by atoms with E-state index in [4.69, 9.17) is 11.5 Å². The van der Waals surface area contributed by atoms with E-state index in [1.807, 2.05) is 13.8 Å². The van der Waals surface area contributed by atoms with Crippen LogP contribution in [-0.4, -0.2) is 100 Å². The van der Waals surface area contributed by atoms with Gasteiger partial charge in [0.1, 0.15) is 30.5 Å². The van der Waals surface area contributed by atoms with E-state index in [0.29, 0.717) is 37.7 Å². The fourth-order valence-corrected chi connectivity index (χ4v) is 7.50. The van der Waals surface area contributed by atoms with Gasteiger partial charge in [-0.1, -0.05) is 119 Å². The van der Waals surface area contributed by atoms with E-state index >= 15 is 0 Å². The number of aldehydes is 1. The van der Waals surface area contributed by atoms with E-state index in [-0.39, 0.29) is 44.1 Å². The van der Waals surface area contributed by atoms with Crippen molar-refractivity contribution in [2.24, 2.45) is 17.4 Å². The van der Waals surface area contributed by atoms with Crippen LogP contribution in [0.2, 0.25) is 0 Å². The predicted molar refractivity (Wildman–Crippen MR) is 247 cm³/mol. The summed E-state index contributed by atoms with van der Waals surface area (Å²) in [5, 5.41) is 32.9. The zero-order chi connectivity index (χ0) is 48.9. The number of carbonyl (C=O) groups is 9. The van der Waals surface area contributed by atoms with Gasteiger partial charge >= 0.3 is 11.9 Å². The molecule has 0 saturated carbocycles. The minimum Gasteiger partial charge on any atom is -0.481 e. The Kier molecular flexibility index (Phi) is 26.8. The van der Waals surface area contributed by atoms with E-state index < -0.39 is 84.0 Å². The molecular weight excluding hydrogens is 851 g/mol. The van der Waals surface area contributed by atoms with Gasteiger partial charge in [-0.25, -0.2) is 4.79 Å². The van der Waals surface area contributed by atoms with Crippen molar-refractivity contribution in [3.05, 3.63) is 71.8 Å². The van der Waals surface area contributed by atoms with E-state index in [0.717, 1.165) is 56.8 Å². The molecule has 0 heterocycles. The summed E-state index contributed by atoms with van der Waals surface area (Å²) in [5.41, 5.74) is 12.6. The van der Waals surface area contributed by atoms with Gasteiger partial charge in [-0.15, -0.1) is 0 Å². The van der Waals surface area contributed by atoms with Crippen LogP contribution in [0, 0.1) is 5.92 Å². The van der Waals surface area contributed by atoms with Crippen LogP contribution in [0.25, 0.3) is 0 Å². The van der Waals surface area contributed by atoms with Gasteiger partial charge in [-0.2, -0.15) is 0 Å². The summed E-state index contributed by atoms with van der Waals surface area (Å²) in [6.45, 7) is 3.65. The summed E-state index contributed by atoms with van der Waals surface area (Å²) in [6.07, 6.45) is 8.50. The third-order valence-electron chi connectivity index (χ3n) is 11.0. The van der Waals surface area contributed by atoms with Gasteiger partial charge in [0.25, 0.3) is 0 Å². The molecule has 6 amide bonds. The number of hydrogen-bond acceptors (Lipinski definition) is 10. The number of aliphatic carboxylic acids is 2. The highest BCUT2D eigenvalue weighted by molar-refractivity contribution is 5.95. The molecule has 6 atom stereocenters. The smallest absolute Gasteiger partial charge is 0.326 e. The maximum absolute atomic E-state index is 13.5. The van der Waals surface area contributed by atoms with Crippen molar-refractivity contribution in [3.63, 3.8) is 0 Å². The minimum absolute atomic E-state index is 0.0128. The van der Waals surface area contributed by atoms with E-state index in [2.05, 4.69) is 26.6 Å². The molecule has 364 valence electrons. The van der Waals surface area contributed by atoms with Crippen molar-refractivity contribution in [2.75, 3.05) is 0 Å². The van der Waals surface area contributed by atoms with Gasteiger partial charge in [0.05, 0.1) is 18.9 Å². The zero-order valence-corrected chi connectivity index (χ0v) is 38.3. The molecule has 11 N–H and O–H groups in total. The van der Waals surface area contributed by atoms with Crippen LogP contribution in [0.15, 0.2) is 60.7 Å². The van der Waals surface area contributed by atoms with Crippen molar-refractivity contribution in [1.29, 1.82) is 0 Å². The predicted octanol–water partition coefficient (Wildman–Crippen LogP) is 2.97. The third kappa shape index (κ3) is 24.2. The highest BCUT2D eigenvalue weighted by Crippen LogP contribution is 2.16. The molecule has 0 bridgehead atoms. The maximum atomic E-state index is 13.5. The second kappa shape index (κ2) is 31.7. The van der Waals surface area contributed by atoms with Gasteiger partial charge in [0.15, 0.2) is 0 Å². The first-order valence-corrected chi connectivity index (χ1v) is 23.0. The molecule has 18 nitrogen and oxygen atoms in total. The largest absolute Gasteiger partial charge is 0.481 e. The number of primary amides is 2. The molecule has 0 aliphatic carbocycles. The fraction of sp³-hybridized carbons (Fsp3) is 0.562. The van der Waals surface area contributed by atoms with Crippen molar-refractivity contribution >= 4 is 53.7 Å². The molecule has 0 spiro atoms. The van der Waals surface area contributed by atoms with Crippen molar-refractivity contribution in [3.8, 4) is 0 Å². The van der Waals surface area contributed by atoms with Crippen LogP contribution < -0.4 is 38.1 Å². The molecule has 66 heavy (non-hydrogen) atoms. The molecule has 18 heteroatoms. The number of carboxylic acid groups (broad SMARTS) is 2. The number of rotatable bonds is 36. The number of nitrogens with two attached hydrogens (primary N) is 2. The number of benzene rings is 2. The molecule has 0 aliphatic rings. The quantitative estimate of drug-likeness (QED) is 0.0352. The van der Waals surface area contributed by atoms with Crippen LogP contribution in [0.4, 0.5) is 0 Å². The molecule has 0 radical (unpaired) electrons. The van der Waals surface area contributed by atoms with Gasteiger partial charge in [0, 0.05) is 31.7 Å². The second-order valence-corrected chi connectivity index (χ2v) is 17.2. The van der Waals surface area contributed by atoms with Gasteiger partial charge in [0.2, 0.25) is 35.4 Å². The first-order chi connectivity index (χ1) is 31.5. The standard InChI is InChI=1S/C48H71N7O11/c1-32(2)27-37(45(62)53-36(44(50)61)28-33-19-11-9-12-20-33)54-47(64)39(31-43(59)60)52-42(58)25-17-7-3-5-15-23-35(24-16-6-4-8-18-26-56)51-38(30-41(49)57)46(63)55-40(48(65)66)29-34-21-13-10-14-22-34/h9-14,19-22,26,32,35-40,51H,3-8,15-18,23-25,27-31H2,1-2H3,(H2,49,57)(H2,50,61)(H,52,58)(H,53,62)(H,54,64)(H,55,63)(H,59,60)(H,65,66)/t35?,36-,37-,38-,39-,40-/m0/s1. The van der Waals surface area contributed by atoms with Crippen molar-refractivity contribution < 1.29 is 53.4 Å². The Hall–Kier alpha value is -6.17. The first-order valence-electron chi connectivity index (χ1n) is 23.0.